The van der Waals surface area contributed by atoms with Crippen LogP contribution in [0.15, 0.2) is 47.4 Å². The Morgan fingerprint density at radius 1 is 1.07 bits per heavy atom. The number of hydrogen-bond donors (Lipinski definition) is 0. The standard InChI is InChI=1S/C23H25N5O/c1-3-17-20(16-10-5-4-6-11-16)22-25-24-21-19(28(22)26-17)13-14-27(23(21)29)18-12-8-7-9-15(18)2/h4-6,10-11,13-15,18H,3,7-9,12H2,1-2H3/t15-,18+/m1/s1. The van der Waals surface area contributed by atoms with Crippen LogP contribution in [0, 0.1) is 5.92 Å². The summed E-state index contributed by atoms with van der Waals surface area (Å²) in [6.45, 7) is 4.32. The highest BCUT2D eigenvalue weighted by Gasteiger charge is 2.25. The first-order valence-electron chi connectivity index (χ1n) is 10.5. The minimum atomic E-state index is -0.0644. The summed E-state index contributed by atoms with van der Waals surface area (Å²) in [5.74, 6) is 0.497. The van der Waals surface area contributed by atoms with Crippen LogP contribution in [0.25, 0.3) is 27.8 Å². The van der Waals surface area contributed by atoms with Gasteiger partial charge in [-0.15, -0.1) is 10.2 Å². The van der Waals surface area contributed by atoms with Crippen molar-refractivity contribution in [2.75, 3.05) is 0 Å². The van der Waals surface area contributed by atoms with Crippen LogP contribution in [-0.4, -0.2) is 24.4 Å². The molecule has 2 atom stereocenters. The molecular weight excluding hydrogens is 362 g/mol. The van der Waals surface area contributed by atoms with E-state index >= 15 is 0 Å². The Balaban J connectivity index is 1.73. The molecule has 1 aromatic carbocycles. The molecule has 3 heterocycles. The maximum absolute atomic E-state index is 13.3. The van der Waals surface area contributed by atoms with Crippen LogP contribution in [0.4, 0.5) is 0 Å². The first kappa shape index (κ1) is 18.0. The fraction of sp³-hybridized carbons (Fsp3) is 0.391. The molecule has 0 aliphatic heterocycles. The van der Waals surface area contributed by atoms with E-state index in [0.717, 1.165) is 35.2 Å². The number of benzene rings is 1. The molecule has 0 saturated heterocycles. The van der Waals surface area contributed by atoms with Gasteiger partial charge >= 0.3 is 0 Å². The predicted octanol–water partition coefficient (Wildman–Crippen LogP) is 4.42. The van der Waals surface area contributed by atoms with Gasteiger partial charge in [0.2, 0.25) is 0 Å². The van der Waals surface area contributed by atoms with Crippen LogP contribution < -0.4 is 5.56 Å². The zero-order valence-corrected chi connectivity index (χ0v) is 16.9. The molecule has 148 valence electrons. The van der Waals surface area contributed by atoms with E-state index in [0.29, 0.717) is 17.1 Å². The minimum Gasteiger partial charge on any atom is -0.310 e. The van der Waals surface area contributed by atoms with E-state index in [1.807, 2.05) is 35.0 Å². The SMILES string of the molecule is CCc1nn2c(nnc3c(=O)n([C@H]4CCCC[C@H]4C)ccc32)c1-c1ccccc1. The summed E-state index contributed by atoms with van der Waals surface area (Å²) >= 11 is 0. The molecule has 0 amide bonds. The summed E-state index contributed by atoms with van der Waals surface area (Å²) in [6.07, 6.45) is 7.33. The Morgan fingerprint density at radius 2 is 1.86 bits per heavy atom. The average molecular weight is 387 g/mol. The number of rotatable bonds is 3. The molecule has 3 aromatic heterocycles. The number of aryl methyl sites for hydroxylation is 1. The minimum absolute atomic E-state index is 0.0644. The van der Waals surface area contributed by atoms with Gasteiger partial charge in [-0.05, 0) is 36.8 Å². The molecule has 6 nitrogen and oxygen atoms in total. The van der Waals surface area contributed by atoms with Crippen LogP contribution in [0.3, 0.4) is 0 Å². The van der Waals surface area contributed by atoms with E-state index in [-0.39, 0.29) is 11.6 Å². The summed E-state index contributed by atoms with van der Waals surface area (Å²) < 4.78 is 3.66. The zero-order chi connectivity index (χ0) is 20.0. The van der Waals surface area contributed by atoms with Crippen molar-refractivity contribution in [1.29, 1.82) is 0 Å². The van der Waals surface area contributed by atoms with E-state index in [1.165, 1.54) is 19.3 Å². The van der Waals surface area contributed by atoms with Crippen LogP contribution >= 0.6 is 0 Å². The lowest BCUT2D eigenvalue weighted by molar-refractivity contribution is 0.253. The molecular formula is C23H25N5O. The predicted molar refractivity (Wildman–Crippen MR) is 114 cm³/mol. The highest BCUT2D eigenvalue weighted by atomic mass is 16.1. The van der Waals surface area contributed by atoms with Gasteiger partial charge in [0.15, 0.2) is 11.2 Å². The summed E-state index contributed by atoms with van der Waals surface area (Å²) in [4.78, 5) is 13.3. The molecule has 0 radical (unpaired) electrons. The monoisotopic (exact) mass is 387 g/mol. The van der Waals surface area contributed by atoms with Gasteiger partial charge in [-0.1, -0.05) is 57.0 Å². The maximum Gasteiger partial charge on any atom is 0.280 e. The average Bonchev–Trinajstić information content (AvgIpc) is 3.14. The third-order valence-corrected chi connectivity index (χ3v) is 6.30. The fourth-order valence-electron chi connectivity index (χ4n) is 4.72. The molecule has 1 fully saturated rings. The van der Waals surface area contributed by atoms with E-state index in [2.05, 4.69) is 36.2 Å². The molecule has 29 heavy (non-hydrogen) atoms. The molecule has 0 N–H and O–H groups in total. The molecule has 4 aromatic rings. The van der Waals surface area contributed by atoms with Gasteiger partial charge in [0.05, 0.1) is 11.3 Å². The van der Waals surface area contributed by atoms with E-state index in [4.69, 9.17) is 5.10 Å². The first-order chi connectivity index (χ1) is 14.2. The van der Waals surface area contributed by atoms with Crippen molar-refractivity contribution in [3.8, 4) is 11.1 Å². The zero-order valence-electron chi connectivity index (χ0n) is 16.9. The second-order valence-corrected chi connectivity index (χ2v) is 8.07. The van der Waals surface area contributed by atoms with Crippen LogP contribution in [-0.2, 0) is 6.42 Å². The maximum atomic E-state index is 13.3. The van der Waals surface area contributed by atoms with Crippen molar-refractivity contribution in [2.45, 2.75) is 52.0 Å². The van der Waals surface area contributed by atoms with Crippen LogP contribution in [0.2, 0.25) is 0 Å². The second-order valence-electron chi connectivity index (χ2n) is 8.07. The fourth-order valence-corrected chi connectivity index (χ4v) is 4.72. The van der Waals surface area contributed by atoms with Gasteiger partial charge in [0, 0.05) is 12.2 Å². The Morgan fingerprint density at radius 3 is 2.62 bits per heavy atom. The van der Waals surface area contributed by atoms with Gasteiger partial charge in [-0.25, -0.2) is 4.52 Å². The summed E-state index contributed by atoms with van der Waals surface area (Å²) in [5.41, 5.74) is 4.77. The van der Waals surface area contributed by atoms with Gasteiger partial charge in [0.1, 0.15) is 5.52 Å². The van der Waals surface area contributed by atoms with Crippen molar-refractivity contribution < 1.29 is 0 Å². The normalized spacial score (nSPS) is 19.8. The Hall–Kier alpha value is -3.02. The molecule has 0 unspecified atom stereocenters. The summed E-state index contributed by atoms with van der Waals surface area (Å²) in [5, 5.41) is 13.6. The Kier molecular flexibility index (Phi) is 4.42. The van der Waals surface area contributed by atoms with Gasteiger partial charge in [-0.2, -0.15) is 5.10 Å². The molecule has 1 aliphatic rings. The van der Waals surface area contributed by atoms with Crippen molar-refractivity contribution in [3.05, 3.63) is 58.6 Å². The molecule has 6 heteroatoms. The molecule has 1 saturated carbocycles. The van der Waals surface area contributed by atoms with Gasteiger partial charge in [-0.3, -0.25) is 4.79 Å². The topological polar surface area (TPSA) is 65.1 Å². The number of hydrogen-bond acceptors (Lipinski definition) is 4. The highest BCUT2D eigenvalue weighted by Crippen LogP contribution is 2.33. The van der Waals surface area contributed by atoms with Crippen molar-refractivity contribution >= 4 is 16.7 Å². The third kappa shape index (κ3) is 2.85. The smallest absolute Gasteiger partial charge is 0.280 e. The highest BCUT2D eigenvalue weighted by molar-refractivity contribution is 5.84. The molecule has 0 spiro atoms. The molecule has 0 bridgehead atoms. The van der Waals surface area contributed by atoms with Crippen molar-refractivity contribution in [1.82, 2.24) is 24.4 Å². The Bertz CT molecular complexity index is 1240. The lowest BCUT2D eigenvalue weighted by atomic mass is 9.85. The quantitative estimate of drug-likeness (QED) is 0.522. The number of aromatic nitrogens is 5. The largest absolute Gasteiger partial charge is 0.310 e. The van der Waals surface area contributed by atoms with Crippen LogP contribution in [0.5, 0.6) is 0 Å². The number of nitrogens with zero attached hydrogens (tertiary/aromatic N) is 5. The lowest BCUT2D eigenvalue weighted by Gasteiger charge is -2.30. The van der Waals surface area contributed by atoms with E-state index < -0.39 is 0 Å². The third-order valence-electron chi connectivity index (χ3n) is 6.30. The summed E-state index contributed by atoms with van der Waals surface area (Å²) in [7, 11) is 0. The van der Waals surface area contributed by atoms with Crippen molar-refractivity contribution in [3.63, 3.8) is 0 Å². The van der Waals surface area contributed by atoms with E-state index in [1.54, 1.807) is 4.52 Å². The lowest BCUT2D eigenvalue weighted by Crippen LogP contribution is -2.31. The number of pyridine rings is 1. The number of fused-ring (bicyclic) bond motifs is 3. The first-order valence-corrected chi connectivity index (χ1v) is 10.5. The van der Waals surface area contributed by atoms with Crippen LogP contribution in [0.1, 0.15) is 51.3 Å². The molecule has 5 rings (SSSR count). The second kappa shape index (κ2) is 7.10. The van der Waals surface area contributed by atoms with Gasteiger partial charge in [0.25, 0.3) is 5.56 Å². The molecule has 1 aliphatic carbocycles. The Labute approximate surface area is 169 Å². The van der Waals surface area contributed by atoms with E-state index in [9.17, 15) is 4.79 Å². The van der Waals surface area contributed by atoms with Gasteiger partial charge < -0.3 is 4.57 Å². The van der Waals surface area contributed by atoms with Crippen molar-refractivity contribution in [2.24, 2.45) is 5.92 Å². The summed E-state index contributed by atoms with van der Waals surface area (Å²) in [6, 6.07) is 12.3.